The summed E-state index contributed by atoms with van der Waals surface area (Å²) in [4.78, 5) is 9.06. The van der Waals surface area contributed by atoms with Crippen LogP contribution in [0.5, 0.6) is 0 Å². The van der Waals surface area contributed by atoms with Crippen molar-refractivity contribution in [3.8, 4) is 0 Å². The minimum absolute atomic E-state index is 0.585. The van der Waals surface area contributed by atoms with E-state index in [0.717, 1.165) is 38.5 Å². The maximum atomic E-state index is 4.58. The quantitative estimate of drug-likeness (QED) is 0.611. The molecular weight excluding hydrogens is 364 g/mol. The first-order valence-corrected chi connectivity index (χ1v) is 8.52. The van der Waals surface area contributed by atoms with Crippen LogP contribution < -0.4 is 10.6 Å². The van der Waals surface area contributed by atoms with Crippen molar-refractivity contribution >= 4 is 39.1 Å². The molecule has 2 aromatic carbocycles. The molecule has 0 amide bonds. The van der Waals surface area contributed by atoms with Crippen LogP contribution in [0.2, 0.25) is 0 Å². The Morgan fingerprint density at radius 2 is 1.54 bits per heavy atom. The van der Waals surface area contributed by atoms with Crippen LogP contribution in [0, 0.1) is 20.8 Å². The molecule has 0 fully saturated rings. The normalized spacial score (nSPS) is 10.5. The molecular formula is C19H19BrN4. The number of anilines is 4. The van der Waals surface area contributed by atoms with E-state index in [0.29, 0.717) is 5.95 Å². The van der Waals surface area contributed by atoms with Crippen LogP contribution in [0.3, 0.4) is 0 Å². The van der Waals surface area contributed by atoms with E-state index in [1.165, 1.54) is 0 Å². The Kier molecular flexibility index (Phi) is 4.81. The highest BCUT2D eigenvalue weighted by Crippen LogP contribution is 2.24. The lowest BCUT2D eigenvalue weighted by atomic mass is 10.2. The Morgan fingerprint density at radius 1 is 0.792 bits per heavy atom. The number of halogens is 1. The number of aromatic nitrogens is 2. The van der Waals surface area contributed by atoms with Gasteiger partial charge in [-0.15, -0.1) is 0 Å². The van der Waals surface area contributed by atoms with Crippen molar-refractivity contribution in [3.63, 3.8) is 0 Å². The molecule has 122 valence electrons. The van der Waals surface area contributed by atoms with Crippen molar-refractivity contribution in [2.24, 2.45) is 0 Å². The van der Waals surface area contributed by atoms with Gasteiger partial charge in [0.2, 0.25) is 5.95 Å². The fourth-order valence-electron chi connectivity index (χ4n) is 2.43. The van der Waals surface area contributed by atoms with Crippen LogP contribution in [0.25, 0.3) is 0 Å². The van der Waals surface area contributed by atoms with Gasteiger partial charge in [-0.2, -0.15) is 4.98 Å². The van der Waals surface area contributed by atoms with E-state index < -0.39 is 0 Å². The molecule has 0 saturated carbocycles. The summed E-state index contributed by atoms with van der Waals surface area (Å²) in [6.07, 6.45) is 0. The van der Waals surface area contributed by atoms with E-state index >= 15 is 0 Å². The molecule has 0 bridgehead atoms. The van der Waals surface area contributed by atoms with Crippen LogP contribution in [0.4, 0.5) is 23.1 Å². The van der Waals surface area contributed by atoms with Crippen molar-refractivity contribution in [1.82, 2.24) is 9.97 Å². The monoisotopic (exact) mass is 382 g/mol. The smallest absolute Gasteiger partial charge is 0.229 e. The maximum Gasteiger partial charge on any atom is 0.229 e. The van der Waals surface area contributed by atoms with Crippen LogP contribution in [-0.4, -0.2) is 9.97 Å². The number of hydrogen-bond acceptors (Lipinski definition) is 4. The average Bonchev–Trinajstić information content (AvgIpc) is 2.52. The van der Waals surface area contributed by atoms with E-state index in [4.69, 9.17) is 0 Å². The second kappa shape index (κ2) is 7.01. The van der Waals surface area contributed by atoms with Crippen LogP contribution in [0.15, 0.2) is 53.0 Å². The first-order valence-electron chi connectivity index (χ1n) is 7.73. The number of benzene rings is 2. The van der Waals surface area contributed by atoms with Gasteiger partial charge in [-0.05, 0) is 56.2 Å². The minimum atomic E-state index is 0.585. The second-order valence-corrected chi connectivity index (χ2v) is 6.66. The molecule has 1 aromatic heterocycles. The molecule has 0 radical (unpaired) electrons. The Balaban J connectivity index is 1.87. The summed E-state index contributed by atoms with van der Waals surface area (Å²) in [6.45, 7) is 6.08. The highest BCUT2D eigenvalue weighted by molar-refractivity contribution is 9.10. The summed E-state index contributed by atoms with van der Waals surface area (Å²) in [6, 6.07) is 16.1. The molecule has 24 heavy (non-hydrogen) atoms. The SMILES string of the molecule is Cc1cc(Nc2ccc(Br)cc2C)nc(Nc2ccccc2C)n1. The third-order valence-corrected chi connectivity index (χ3v) is 4.19. The molecule has 4 nitrogen and oxygen atoms in total. The van der Waals surface area contributed by atoms with Gasteiger partial charge in [0.25, 0.3) is 0 Å². The molecule has 0 atom stereocenters. The molecule has 0 aliphatic heterocycles. The third kappa shape index (κ3) is 3.92. The second-order valence-electron chi connectivity index (χ2n) is 5.74. The molecule has 3 rings (SSSR count). The Labute approximate surface area is 150 Å². The Bertz CT molecular complexity index is 877. The number of nitrogens with zero attached hydrogens (tertiary/aromatic N) is 2. The van der Waals surface area contributed by atoms with Crippen LogP contribution >= 0.6 is 15.9 Å². The average molecular weight is 383 g/mol. The lowest BCUT2D eigenvalue weighted by molar-refractivity contribution is 1.10. The zero-order valence-electron chi connectivity index (χ0n) is 13.9. The summed E-state index contributed by atoms with van der Waals surface area (Å²) < 4.78 is 1.06. The fraction of sp³-hybridized carbons (Fsp3) is 0.158. The highest BCUT2D eigenvalue weighted by atomic mass is 79.9. The predicted molar refractivity (Wildman–Crippen MR) is 103 cm³/mol. The van der Waals surface area contributed by atoms with Gasteiger partial charge in [0.05, 0.1) is 0 Å². The van der Waals surface area contributed by atoms with Gasteiger partial charge in [-0.3, -0.25) is 0 Å². The number of rotatable bonds is 4. The fourth-order valence-corrected chi connectivity index (χ4v) is 2.90. The number of hydrogen-bond donors (Lipinski definition) is 2. The molecule has 0 aliphatic rings. The van der Waals surface area contributed by atoms with Gasteiger partial charge in [0.15, 0.2) is 0 Å². The topological polar surface area (TPSA) is 49.8 Å². The van der Waals surface area contributed by atoms with Crippen molar-refractivity contribution in [3.05, 3.63) is 69.8 Å². The molecule has 0 spiro atoms. The largest absolute Gasteiger partial charge is 0.340 e. The molecule has 0 aliphatic carbocycles. The molecule has 0 saturated heterocycles. The van der Waals surface area contributed by atoms with E-state index in [2.05, 4.69) is 62.5 Å². The summed E-state index contributed by atoms with van der Waals surface area (Å²) >= 11 is 3.49. The van der Waals surface area contributed by atoms with Gasteiger partial charge in [0, 0.05) is 27.6 Å². The Hall–Kier alpha value is -2.40. The number of nitrogens with one attached hydrogen (secondary N) is 2. The van der Waals surface area contributed by atoms with E-state index in [1.807, 2.05) is 43.3 Å². The number of aryl methyl sites for hydroxylation is 3. The highest BCUT2D eigenvalue weighted by Gasteiger charge is 2.06. The summed E-state index contributed by atoms with van der Waals surface area (Å²) in [5, 5.41) is 6.66. The van der Waals surface area contributed by atoms with E-state index in [-0.39, 0.29) is 0 Å². The summed E-state index contributed by atoms with van der Waals surface area (Å²) in [7, 11) is 0. The molecule has 1 heterocycles. The lowest BCUT2D eigenvalue weighted by Gasteiger charge is -2.12. The Morgan fingerprint density at radius 3 is 2.29 bits per heavy atom. The third-order valence-electron chi connectivity index (χ3n) is 3.70. The van der Waals surface area contributed by atoms with Crippen molar-refractivity contribution in [2.45, 2.75) is 20.8 Å². The zero-order chi connectivity index (χ0) is 17.1. The van der Waals surface area contributed by atoms with Crippen LogP contribution in [0.1, 0.15) is 16.8 Å². The molecule has 2 N–H and O–H groups in total. The van der Waals surface area contributed by atoms with Gasteiger partial charge in [0.1, 0.15) is 5.82 Å². The van der Waals surface area contributed by atoms with Gasteiger partial charge in [-0.25, -0.2) is 4.98 Å². The van der Waals surface area contributed by atoms with Crippen LogP contribution in [-0.2, 0) is 0 Å². The first-order chi connectivity index (χ1) is 11.5. The predicted octanol–water partition coefficient (Wildman–Crippen LogP) is 5.65. The summed E-state index contributed by atoms with van der Waals surface area (Å²) in [5.74, 6) is 1.35. The van der Waals surface area contributed by atoms with Crippen molar-refractivity contribution < 1.29 is 0 Å². The minimum Gasteiger partial charge on any atom is -0.340 e. The molecule has 0 unspecified atom stereocenters. The first kappa shape index (κ1) is 16.5. The molecule has 3 aromatic rings. The number of para-hydroxylation sites is 1. The summed E-state index contributed by atoms with van der Waals surface area (Å²) in [5.41, 5.74) is 5.24. The standard InChI is InChI=1S/C19H19BrN4/c1-12-6-4-5-7-16(12)23-19-21-14(3)11-18(24-19)22-17-9-8-15(20)10-13(17)2/h4-11H,1-3H3,(H2,21,22,23,24). The zero-order valence-corrected chi connectivity index (χ0v) is 15.5. The van der Waals surface area contributed by atoms with Crippen molar-refractivity contribution in [2.75, 3.05) is 10.6 Å². The van der Waals surface area contributed by atoms with Gasteiger partial charge < -0.3 is 10.6 Å². The van der Waals surface area contributed by atoms with E-state index in [9.17, 15) is 0 Å². The molecule has 5 heteroatoms. The van der Waals surface area contributed by atoms with Gasteiger partial charge in [-0.1, -0.05) is 34.1 Å². The van der Waals surface area contributed by atoms with E-state index in [1.54, 1.807) is 0 Å². The van der Waals surface area contributed by atoms with Crippen molar-refractivity contribution in [1.29, 1.82) is 0 Å². The van der Waals surface area contributed by atoms with Gasteiger partial charge >= 0.3 is 0 Å². The lowest BCUT2D eigenvalue weighted by Crippen LogP contribution is -2.03. The maximum absolute atomic E-state index is 4.58.